The van der Waals surface area contributed by atoms with E-state index in [0.717, 1.165) is 46.1 Å². The van der Waals surface area contributed by atoms with E-state index in [2.05, 4.69) is 0 Å². The molecule has 0 bridgehead atoms. The van der Waals surface area contributed by atoms with E-state index < -0.39 is 12.1 Å². The summed E-state index contributed by atoms with van der Waals surface area (Å²) < 4.78 is 13.6. The number of carboxylic acid groups (broad SMARTS) is 1. The summed E-state index contributed by atoms with van der Waals surface area (Å²) in [5, 5.41) is 19.9. The van der Waals surface area contributed by atoms with Crippen LogP contribution in [0.3, 0.4) is 0 Å². The predicted octanol–water partition coefficient (Wildman–Crippen LogP) is 5.32. The molecule has 0 unspecified atom stereocenters. The van der Waals surface area contributed by atoms with Crippen molar-refractivity contribution in [2.75, 3.05) is 0 Å². The van der Waals surface area contributed by atoms with Crippen molar-refractivity contribution in [2.45, 2.75) is 31.3 Å². The lowest BCUT2D eigenvalue weighted by molar-refractivity contribution is -0.136. The Balaban J connectivity index is 1.84. The maximum Gasteiger partial charge on any atom is 0.307 e. The van der Waals surface area contributed by atoms with Crippen molar-refractivity contribution in [3.05, 3.63) is 83.8 Å². The van der Waals surface area contributed by atoms with Crippen LogP contribution in [0.15, 0.2) is 66.8 Å². The van der Waals surface area contributed by atoms with Crippen LogP contribution in [0.5, 0.6) is 0 Å². The first-order valence-corrected chi connectivity index (χ1v) is 9.96. The summed E-state index contributed by atoms with van der Waals surface area (Å²) >= 11 is 0. The Labute approximate surface area is 174 Å². The molecule has 1 atom stereocenters. The van der Waals surface area contributed by atoms with Crippen LogP contribution in [0.1, 0.15) is 36.4 Å². The van der Waals surface area contributed by atoms with Crippen molar-refractivity contribution >= 4 is 22.9 Å². The third kappa shape index (κ3) is 4.47. The Hall–Kier alpha value is -3.31. The van der Waals surface area contributed by atoms with Crippen LogP contribution in [-0.2, 0) is 4.79 Å². The summed E-state index contributed by atoms with van der Waals surface area (Å²) in [5.41, 5.74) is 4.62. The Morgan fingerprint density at radius 3 is 2.57 bits per heavy atom. The molecular weight excluding hydrogens is 381 g/mol. The molecule has 3 aromatic rings. The Morgan fingerprint density at radius 1 is 1.13 bits per heavy atom. The molecule has 5 heteroatoms. The molecule has 4 rings (SSSR count). The average Bonchev–Trinajstić information content (AvgIpc) is 3.57. The highest BCUT2D eigenvalue weighted by Crippen LogP contribution is 2.45. The van der Waals surface area contributed by atoms with Crippen LogP contribution in [0.2, 0.25) is 0 Å². The number of aliphatic hydroxyl groups is 1. The number of rotatable bonds is 7. The molecule has 2 aromatic carbocycles. The van der Waals surface area contributed by atoms with E-state index >= 15 is 0 Å². The molecule has 4 nitrogen and oxygen atoms in total. The number of para-hydroxylation sites is 1. The van der Waals surface area contributed by atoms with Crippen LogP contribution < -0.4 is 0 Å². The summed E-state index contributed by atoms with van der Waals surface area (Å²) in [4.78, 5) is 15.6. The molecule has 1 aromatic heterocycles. The number of hydrogen-bond donors (Lipinski definition) is 2. The first kappa shape index (κ1) is 20.0. The smallest absolute Gasteiger partial charge is 0.307 e. The van der Waals surface area contributed by atoms with Gasteiger partial charge in [-0.15, -0.1) is 0 Å². The predicted molar refractivity (Wildman–Crippen MR) is 116 cm³/mol. The van der Waals surface area contributed by atoms with E-state index in [-0.39, 0.29) is 12.2 Å². The van der Waals surface area contributed by atoms with Crippen molar-refractivity contribution in [3.63, 3.8) is 0 Å². The van der Waals surface area contributed by atoms with E-state index in [9.17, 15) is 14.3 Å². The van der Waals surface area contributed by atoms with Crippen LogP contribution in [0.4, 0.5) is 4.39 Å². The van der Waals surface area contributed by atoms with Crippen LogP contribution in [0, 0.1) is 5.82 Å². The average molecular weight is 403 g/mol. The molecule has 0 aliphatic heterocycles. The fourth-order valence-corrected chi connectivity index (χ4v) is 3.58. The second-order valence-electron chi connectivity index (χ2n) is 7.46. The molecular formula is C25H22FNO3. The van der Waals surface area contributed by atoms with Crippen molar-refractivity contribution < 1.29 is 19.4 Å². The Bertz CT molecular complexity index is 1130. The standard InChI is InChI=1S/C25H22FNO3/c26-18-12-10-16(11-13-18)24-20-5-1-2-6-22(20)27-25(17-8-9-17)21(24)15-14-19(28)4-3-7-23(29)30/h1-6,10-15,17,19,28H,7-9H2,(H,29,30)/b4-3?,15-14+/t19-/m0/s1. The van der Waals surface area contributed by atoms with Gasteiger partial charge in [0.15, 0.2) is 0 Å². The largest absolute Gasteiger partial charge is 0.481 e. The Morgan fingerprint density at radius 2 is 1.87 bits per heavy atom. The van der Waals surface area contributed by atoms with Gasteiger partial charge in [-0.3, -0.25) is 9.78 Å². The monoisotopic (exact) mass is 403 g/mol. The zero-order valence-electron chi connectivity index (χ0n) is 16.3. The molecule has 1 fully saturated rings. The summed E-state index contributed by atoms with van der Waals surface area (Å²) in [6.45, 7) is 0. The first-order valence-electron chi connectivity index (χ1n) is 9.96. The van der Waals surface area contributed by atoms with Gasteiger partial charge in [-0.2, -0.15) is 0 Å². The van der Waals surface area contributed by atoms with E-state index in [4.69, 9.17) is 10.1 Å². The van der Waals surface area contributed by atoms with Crippen LogP contribution in [-0.4, -0.2) is 27.3 Å². The van der Waals surface area contributed by atoms with Gasteiger partial charge in [0.05, 0.1) is 23.7 Å². The molecule has 0 saturated heterocycles. The number of aliphatic carboxylic acids is 1. The third-order valence-corrected chi connectivity index (χ3v) is 5.14. The molecule has 0 radical (unpaired) electrons. The third-order valence-electron chi connectivity index (χ3n) is 5.14. The number of pyridine rings is 1. The van der Waals surface area contributed by atoms with Crippen molar-refractivity contribution in [3.8, 4) is 11.1 Å². The van der Waals surface area contributed by atoms with Gasteiger partial charge in [0, 0.05) is 22.4 Å². The van der Waals surface area contributed by atoms with Gasteiger partial charge in [0.1, 0.15) is 5.82 Å². The lowest BCUT2D eigenvalue weighted by Crippen LogP contribution is -2.01. The SMILES string of the molecule is O=C(O)CC=C[C@H](O)/C=C/c1c(C2CC2)nc2ccccc2c1-c1ccc(F)cc1. The summed E-state index contributed by atoms with van der Waals surface area (Å²) in [6, 6.07) is 14.3. The van der Waals surface area contributed by atoms with E-state index in [1.165, 1.54) is 24.3 Å². The van der Waals surface area contributed by atoms with Crippen molar-refractivity contribution in [1.82, 2.24) is 4.98 Å². The molecule has 152 valence electrons. The normalized spacial score (nSPS) is 15.3. The number of halogens is 1. The molecule has 0 amide bonds. The van der Waals surface area contributed by atoms with Crippen LogP contribution >= 0.6 is 0 Å². The van der Waals surface area contributed by atoms with Gasteiger partial charge >= 0.3 is 5.97 Å². The molecule has 0 spiro atoms. The van der Waals surface area contributed by atoms with Crippen LogP contribution in [0.25, 0.3) is 28.1 Å². The topological polar surface area (TPSA) is 70.4 Å². The number of hydrogen-bond acceptors (Lipinski definition) is 3. The minimum absolute atomic E-state index is 0.142. The molecule has 30 heavy (non-hydrogen) atoms. The van der Waals surface area contributed by atoms with Crippen molar-refractivity contribution in [2.24, 2.45) is 0 Å². The number of carboxylic acids is 1. The van der Waals surface area contributed by atoms with Gasteiger partial charge in [-0.25, -0.2) is 4.39 Å². The summed E-state index contributed by atoms with van der Waals surface area (Å²) in [5.74, 6) is -0.875. The molecule has 2 N–H and O–H groups in total. The van der Waals surface area contributed by atoms with Gasteiger partial charge in [-0.05, 0) is 36.6 Å². The minimum atomic E-state index is -0.948. The highest BCUT2D eigenvalue weighted by atomic mass is 19.1. The van der Waals surface area contributed by atoms with Gasteiger partial charge in [0.2, 0.25) is 0 Å². The molecule has 1 heterocycles. The fourth-order valence-electron chi connectivity index (χ4n) is 3.58. The van der Waals surface area contributed by atoms with Crippen molar-refractivity contribution in [1.29, 1.82) is 0 Å². The summed E-state index contributed by atoms with van der Waals surface area (Å²) in [6.07, 6.45) is 7.43. The second-order valence-corrected chi connectivity index (χ2v) is 7.46. The van der Waals surface area contributed by atoms with E-state index in [0.29, 0.717) is 5.92 Å². The quantitative estimate of drug-likeness (QED) is 0.524. The van der Waals surface area contributed by atoms with Gasteiger partial charge < -0.3 is 10.2 Å². The summed E-state index contributed by atoms with van der Waals surface area (Å²) in [7, 11) is 0. The van der Waals surface area contributed by atoms with Gasteiger partial charge in [0.25, 0.3) is 0 Å². The highest BCUT2D eigenvalue weighted by molar-refractivity contribution is 5.99. The zero-order valence-corrected chi connectivity index (χ0v) is 16.3. The first-order chi connectivity index (χ1) is 14.5. The molecule has 1 aliphatic carbocycles. The minimum Gasteiger partial charge on any atom is -0.481 e. The second kappa shape index (κ2) is 8.59. The number of fused-ring (bicyclic) bond motifs is 1. The maximum atomic E-state index is 13.6. The molecule has 1 aliphatic rings. The van der Waals surface area contributed by atoms with Gasteiger partial charge in [-0.1, -0.05) is 54.6 Å². The number of aliphatic hydroxyl groups excluding tert-OH is 1. The van der Waals surface area contributed by atoms with E-state index in [1.54, 1.807) is 18.2 Å². The lowest BCUT2D eigenvalue weighted by Gasteiger charge is -2.16. The van der Waals surface area contributed by atoms with E-state index in [1.807, 2.05) is 30.3 Å². The lowest BCUT2D eigenvalue weighted by atomic mass is 9.92. The molecule has 1 saturated carbocycles. The highest BCUT2D eigenvalue weighted by Gasteiger charge is 2.29. The number of aromatic nitrogens is 1. The maximum absolute atomic E-state index is 13.6. The fraction of sp³-hybridized carbons (Fsp3) is 0.200. The number of nitrogens with zero attached hydrogens (tertiary/aromatic N) is 1. The zero-order chi connectivity index (χ0) is 21.1. The Kier molecular flexibility index (Phi) is 5.72. The number of benzene rings is 2. The number of carbonyl (C=O) groups is 1.